The van der Waals surface area contributed by atoms with Gasteiger partial charge in [0.1, 0.15) is 10.7 Å². The number of thiazole rings is 1. The van der Waals surface area contributed by atoms with Crippen molar-refractivity contribution in [3.05, 3.63) is 52.6 Å². The Labute approximate surface area is 225 Å². The molecule has 0 atom stereocenters. The van der Waals surface area contributed by atoms with Crippen molar-refractivity contribution in [3.63, 3.8) is 0 Å². The lowest BCUT2D eigenvalue weighted by Crippen LogP contribution is -2.46. The Bertz CT molecular complexity index is 1110. The number of nitrogens with one attached hydrogen (secondary N) is 1. The summed E-state index contributed by atoms with van der Waals surface area (Å²) in [6.07, 6.45) is 6.21. The van der Waals surface area contributed by atoms with Gasteiger partial charge in [0.2, 0.25) is 0 Å². The summed E-state index contributed by atoms with van der Waals surface area (Å²) in [4.78, 5) is 50.4. The van der Waals surface area contributed by atoms with Gasteiger partial charge in [-0.15, -0.1) is 29.7 Å². The second-order valence-corrected chi connectivity index (χ2v) is 10.9. The van der Waals surface area contributed by atoms with E-state index < -0.39 is 0 Å². The summed E-state index contributed by atoms with van der Waals surface area (Å²) in [5.74, 6) is 0.760. The number of aromatic nitrogens is 2. The molecule has 2 fully saturated rings. The molecular weight excluding hydrogens is 510 g/mol. The molecule has 2 aromatic heterocycles. The highest BCUT2D eigenvalue weighted by Crippen LogP contribution is 2.32. The molecule has 11 heteroatoms. The minimum absolute atomic E-state index is 0.00585. The highest BCUT2D eigenvalue weighted by molar-refractivity contribution is 7.99. The fourth-order valence-corrected chi connectivity index (χ4v) is 6.26. The van der Waals surface area contributed by atoms with Crippen LogP contribution >= 0.6 is 23.1 Å². The summed E-state index contributed by atoms with van der Waals surface area (Å²) in [6.45, 7) is 8.31. The van der Waals surface area contributed by atoms with E-state index in [2.05, 4.69) is 21.9 Å². The minimum atomic E-state index is -0.295. The lowest BCUT2D eigenvalue weighted by Gasteiger charge is -2.31. The van der Waals surface area contributed by atoms with Crippen molar-refractivity contribution in [2.24, 2.45) is 0 Å². The van der Waals surface area contributed by atoms with E-state index in [9.17, 15) is 14.4 Å². The maximum atomic E-state index is 13.2. The van der Waals surface area contributed by atoms with E-state index in [0.717, 1.165) is 22.9 Å². The van der Waals surface area contributed by atoms with Crippen molar-refractivity contribution in [2.75, 3.05) is 38.5 Å². The predicted molar refractivity (Wildman–Crippen MR) is 144 cm³/mol. The van der Waals surface area contributed by atoms with Gasteiger partial charge in [-0.05, 0) is 44.7 Å². The first-order valence-corrected chi connectivity index (χ1v) is 14.5. The highest BCUT2D eigenvalue weighted by Gasteiger charge is 2.29. The largest absolute Gasteiger partial charge is 0.450 e. The third-order valence-electron chi connectivity index (χ3n) is 6.58. The van der Waals surface area contributed by atoms with Gasteiger partial charge < -0.3 is 19.9 Å². The average molecular weight is 544 g/mol. The average Bonchev–Trinajstić information content (AvgIpc) is 3.43. The molecule has 0 radical (unpaired) electrons. The number of hydrogen-bond acceptors (Lipinski definition) is 8. The van der Waals surface area contributed by atoms with Gasteiger partial charge >= 0.3 is 6.09 Å². The smallest absolute Gasteiger partial charge is 0.409 e. The van der Waals surface area contributed by atoms with Gasteiger partial charge in [0.15, 0.2) is 0 Å². The molecule has 37 heavy (non-hydrogen) atoms. The maximum Gasteiger partial charge on any atom is 0.409 e. The van der Waals surface area contributed by atoms with Gasteiger partial charge in [-0.25, -0.2) is 14.8 Å². The Balaban J connectivity index is 1.27. The summed E-state index contributed by atoms with van der Waals surface area (Å²) >= 11 is 3.02. The fraction of sp³-hybridized carbons (Fsp3) is 0.500. The molecule has 2 aliphatic rings. The van der Waals surface area contributed by atoms with Crippen LogP contribution in [0.2, 0.25) is 0 Å². The quantitative estimate of drug-likeness (QED) is 0.393. The first kappa shape index (κ1) is 27.1. The van der Waals surface area contributed by atoms with Crippen LogP contribution in [0.25, 0.3) is 0 Å². The first-order valence-electron chi connectivity index (χ1n) is 12.7. The number of hydrogen-bond donors (Lipinski definition) is 1. The Kier molecular flexibility index (Phi) is 9.56. The molecule has 198 valence electrons. The molecule has 0 bridgehead atoms. The molecule has 0 aliphatic carbocycles. The van der Waals surface area contributed by atoms with Gasteiger partial charge in [0.25, 0.3) is 11.8 Å². The monoisotopic (exact) mass is 543 g/mol. The van der Waals surface area contributed by atoms with E-state index in [1.54, 1.807) is 30.2 Å². The summed E-state index contributed by atoms with van der Waals surface area (Å²) in [5.41, 5.74) is 1.07. The predicted octanol–water partition coefficient (Wildman–Crippen LogP) is 4.19. The molecule has 0 unspecified atom stereocenters. The molecular formula is C26H33N5O4S2. The summed E-state index contributed by atoms with van der Waals surface area (Å²) in [5, 5.41) is 6.55. The molecule has 1 N–H and O–H groups in total. The number of rotatable bonds is 8. The van der Waals surface area contributed by atoms with Gasteiger partial charge in [-0.2, -0.15) is 0 Å². The van der Waals surface area contributed by atoms with E-state index in [1.165, 1.54) is 23.1 Å². The SMILES string of the molecule is C=CCSc1ncccc1C(=O)N1CCC(c2nc(C(=O)NC3CCN(C(=O)OCC)CC3)cs2)CC1. The molecule has 2 aromatic rings. The van der Waals surface area contributed by atoms with E-state index in [0.29, 0.717) is 62.6 Å². The molecule has 3 amide bonds. The maximum absolute atomic E-state index is 13.2. The van der Waals surface area contributed by atoms with Crippen molar-refractivity contribution in [1.82, 2.24) is 25.1 Å². The summed E-state index contributed by atoms with van der Waals surface area (Å²) < 4.78 is 5.05. The van der Waals surface area contributed by atoms with E-state index in [-0.39, 0.29) is 29.9 Å². The third kappa shape index (κ3) is 6.89. The van der Waals surface area contributed by atoms with Crippen LogP contribution in [0.1, 0.15) is 64.4 Å². The molecule has 0 spiro atoms. The lowest BCUT2D eigenvalue weighted by atomic mass is 9.97. The number of thioether (sulfide) groups is 1. The van der Waals surface area contributed by atoms with E-state index in [4.69, 9.17) is 4.74 Å². The van der Waals surface area contributed by atoms with Gasteiger partial charge in [-0.1, -0.05) is 6.08 Å². The van der Waals surface area contributed by atoms with Crippen molar-refractivity contribution in [1.29, 1.82) is 0 Å². The molecule has 2 aliphatic heterocycles. The third-order valence-corrected chi connectivity index (χ3v) is 8.59. The molecule has 9 nitrogen and oxygen atoms in total. The number of ether oxygens (including phenoxy) is 1. The molecule has 4 heterocycles. The number of likely N-dealkylation sites (tertiary alicyclic amines) is 2. The molecule has 2 saturated heterocycles. The van der Waals surface area contributed by atoms with Crippen molar-refractivity contribution >= 4 is 41.0 Å². The van der Waals surface area contributed by atoms with Crippen LogP contribution in [0.15, 0.2) is 41.4 Å². The first-order chi connectivity index (χ1) is 18.0. The van der Waals surface area contributed by atoms with Crippen LogP contribution in [0.5, 0.6) is 0 Å². The van der Waals surface area contributed by atoms with Gasteiger partial charge in [0, 0.05) is 55.5 Å². The van der Waals surface area contributed by atoms with Crippen molar-refractivity contribution < 1.29 is 19.1 Å². The normalized spacial score (nSPS) is 16.9. The zero-order valence-corrected chi connectivity index (χ0v) is 22.7. The zero-order valence-electron chi connectivity index (χ0n) is 21.1. The second-order valence-electron chi connectivity index (χ2n) is 9.03. The Morgan fingerprint density at radius 1 is 1.19 bits per heavy atom. The molecule has 4 rings (SSSR count). The molecule has 0 saturated carbocycles. The standard InChI is InChI=1S/C26H33N5O4S2/c1-3-16-36-24-20(6-5-11-27-24)25(33)30-12-7-18(8-13-30)23-29-21(17-37-23)22(32)28-19-9-14-31(15-10-19)26(34)35-4-2/h3,5-6,11,17-19H,1,4,7-10,12-16H2,2H3,(H,28,32). The molecule has 0 aromatic carbocycles. The number of pyridine rings is 1. The topological polar surface area (TPSA) is 105 Å². The lowest BCUT2D eigenvalue weighted by molar-refractivity contribution is 0.0708. The Morgan fingerprint density at radius 2 is 1.92 bits per heavy atom. The highest BCUT2D eigenvalue weighted by atomic mass is 32.2. The summed E-state index contributed by atoms with van der Waals surface area (Å²) in [7, 11) is 0. The van der Waals surface area contributed by atoms with Crippen LogP contribution in [0.3, 0.4) is 0 Å². The van der Waals surface area contributed by atoms with Crippen LogP contribution in [-0.4, -0.2) is 82.3 Å². The zero-order chi connectivity index (χ0) is 26.2. The number of amides is 3. The number of carbonyl (C=O) groups is 3. The Morgan fingerprint density at radius 3 is 2.62 bits per heavy atom. The number of piperidine rings is 2. The van der Waals surface area contributed by atoms with Gasteiger partial charge in [0.05, 0.1) is 17.2 Å². The van der Waals surface area contributed by atoms with Crippen LogP contribution in [-0.2, 0) is 4.74 Å². The Hall–Kier alpha value is -2.92. The second kappa shape index (κ2) is 13.0. The fourth-order valence-electron chi connectivity index (χ4n) is 4.57. The van der Waals surface area contributed by atoms with Gasteiger partial charge in [-0.3, -0.25) is 9.59 Å². The van der Waals surface area contributed by atoms with E-state index in [1.807, 2.05) is 16.3 Å². The number of carbonyl (C=O) groups excluding carboxylic acids is 3. The van der Waals surface area contributed by atoms with Crippen LogP contribution in [0.4, 0.5) is 4.79 Å². The van der Waals surface area contributed by atoms with Crippen LogP contribution in [0, 0.1) is 0 Å². The number of nitrogens with zero attached hydrogens (tertiary/aromatic N) is 4. The van der Waals surface area contributed by atoms with Crippen LogP contribution < -0.4 is 5.32 Å². The summed E-state index contributed by atoms with van der Waals surface area (Å²) in [6, 6.07) is 3.64. The van der Waals surface area contributed by atoms with Crippen molar-refractivity contribution in [2.45, 2.75) is 49.6 Å². The van der Waals surface area contributed by atoms with E-state index >= 15 is 0 Å². The van der Waals surface area contributed by atoms with Crippen molar-refractivity contribution in [3.8, 4) is 0 Å². The minimum Gasteiger partial charge on any atom is -0.450 e.